The largest absolute Gasteiger partial charge is 0.311 e. The number of piperazine rings is 1. The van der Waals surface area contributed by atoms with Crippen LogP contribution in [0.5, 0.6) is 0 Å². The van der Waals surface area contributed by atoms with E-state index < -0.39 is 0 Å². The maximum Gasteiger partial charge on any atom is 0.0967 e. The van der Waals surface area contributed by atoms with Crippen molar-refractivity contribution in [1.29, 1.82) is 0 Å². The SMILES string of the molecule is CC(C)CC1CN(Cc2cn(C)nn2)C(C)CN1. The lowest BCUT2D eigenvalue weighted by atomic mass is 10.00. The smallest absolute Gasteiger partial charge is 0.0967 e. The van der Waals surface area contributed by atoms with E-state index in [1.165, 1.54) is 6.42 Å². The van der Waals surface area contributed by atoms with Gasteiger partial charge in [-0.05, 0) is 19.3 Å². The lowest BCUT2D eigenvalue weighted by Gasteiger charge is -2.39. The third-order valence-corrected chi connectivity index (χ3v) is 3.55. The minimum atomic E-state index is 0.565. The fourth-order valence-corrected chi connectivity index (χ4v) is 2.62. The van der Waals surface area contributed by atoms with Crippen LogP contribution in [0, 0.1) is 5.92 Å². The van der Waals surface area contributed by atoms with Crippen molar-refractivity contribution in [2.45, 2.75) is 45.8 Å². The molecule has 0 aliphatic carbocycles. The first kappa shape index (κ1) is 13.5. The second-order valence-electron chi connectivity index (χ2n) is 5.90. The summed E-state index contributed by atoms with van der Waals surface area (Å²) in [4.78, 5) is 2.51. The quantitative estimate of drug-likeness (QED) is 0.868. The molecule has 2 heterocycles. The summed E-state index contributed by atoms with van der Waals surface area (Å²) in [6.07, 6.45) is 3.25. The lowest BCUT2D eigenvalue weighted by molar-refractivity contribution is 0.123. The van der Waals surface area contributed by atoms with Crippen LogP contribution in [-0.4, -0.2) is 45.1 Å². The summed E-state index contributed by atoms with van der Waals surface area (Å²) in [5.41, 5.74) is 1.06. The van der Waals surface area contributed by atoms with Crippen molar-refractivity contribution in [1.82, 2.24) is 25.2 Å². The minimum absolute atomic E-state index is 0.565. The van der Waals surface area contributed by atoms with Gasteiger partial charge in [-0.15, -0.1) is 5.10 Å². The second kappa shape index (κ2) is 5.80. The molecule has 0 aromatic carbocycles. The molecule has 0 saturated carbocycles. The fourth-order valence-electron chi connectivity index (χ4n) is 2.62. The van der Waals surface area contributed by atoms with Gasteiger partial charge in [0.25, 0.3) is 0 Å². The van der Waals surface area contributed by atoms with Crippen LogP contribution in [0.3, 0.4) is 0 Å². The fraction of sp³-hybridized carbons (Fsp3) is 0.846. The Balaban J connectivity index is 1.93. The minimum Gasteiger partial charge on any atom is -0.311 e. The zero-order valence-corrected chi connectivity index (χ0v) is 11.9. The first-order chi connectivity index (χ1) is 8.54. The van der Waals surface area contributed by atoms with Crippen molar-refractivity contribution in [3.8, 4) is 0 Å². The molecule has 1 aromatic rings. The monoisotopic (exact) mass is 251 g/mol. The average Bonchev–Trinajstić information content (AvgIpc) is 2.68. The topological polar surface area (TPSA) is 46.0 Å². The van der Waals surface area contributed by atoms with Crippen LogP contribution < -0.4 is 5.32 Å². The third-order valence-electron chi connectivity index (χ3n) is 3.55. The molecule has 0 bridgehead atoms. The van der Waals surface area contributed by atoms with Gasteiger partial charge < -0.3 is 5.32 Å². The van der Waals surface area contributed by atoms with Crippen molar-refractivity contribution in [3.05, 3.63) is 11.9 Å². The molecule has 102 valence electrons. The zero-order valence-electron chi connectivity index (χ0n) is 11.9. The Kier molecular flexibility index (Phi) is 4.35. The zero-order chi connectivity index (χ0) is 13.1. The number of aromatic nitrogens is 3. The first-order valence-electron chi connectivity index (χ1n) is 6.87. The molecule has 2 rings (SSSR count). The van der Waals surface area contributed by atoms with Crippen LogP contribution in [0.1, 0.15) is 32.9 Å². The molecule has 5 heteroatoms. The normalized spacial score (nSPS) is 25.8. The molecule has 1 aliphatic heterocycles. The molecule has 2 atom stereocenters. The molecular weight excluding hydrogens is 226 g/mol. The number of nitrogens with zero attached hydrogens (tertiary/aromatic N) is 4. The number of hydrogen-bond donors (Lipinski definition) is 1. The molecule has 0 amide bonds. The van der Waals surface area contributed by atoms with Crippen LogP contribution in [0.15, 0.2) is 6.20 Å². The van der Waals surface area contributed by atoms with E-state index in [0.29, 0.717) is 12.1 Å². The standard InChI is InChI=1S/C13H25N5/c1-10(2)5-12-8-18(11(3)6-14-12)9-13-7-17(4)16-15-13/h7,10-12,14H,5-6,8-9H2,1-4H3. The first-order valence-corrected chi connectivity index (χ1v) is 6.87. The van der Waals surface area contributed by atoms with Gasteiger partial charge in [-0.3, -0.25) is 9.58 Å². The van der Waals surface area contributed by atoms with E-state index in [2.05, 4.69) is 41.3 Å². The van der Waals surface area contributed by atoms with Gasteiger partial charge in [0, 0.05) is 45.0 Å². The summed E-state index contributed by atoms with van der Waals surface area (Å²) in [5.74, 6) is 0.745. The van der Waals surface area contributed by atoms with Gasteiger partial charge in [-0.25, -0.2) is 0 Å². The van der Waals surface area contributed by atoms with E-state index in [1.807, 2.05) is 13.2 Å². The summed E-state index contributed by atoms with van der Waals surface area (Å²) in [7, 11) is 1.92. The third kappa shape index (κ3) is 3.53. The highest BCUT2D eigenvalue weighted by Crippen LogP contribution is 2.15. The van der Waals surface area contributed by atoms with Crippen LogP contribution in [0.2, 0.25) is 0 Å². The molecule has 1 N–H and O–H groups in total. The Bertz CT molecular complexity index is 373. The second-order valence-corrected chi connectivity index (χ2v) is 5.90. The van der Waals surface area contributed by atoms with E-state index in [9.17, 15) is 0 Å². The van der Waals surface area contributed by atoms with Crippen LogP contribution in [0.4, 0.5) is 0 Å². The predicted molar refractivity (Wildman–Crippen MR) is 72.1 cm³/mol. The van der Waals surface area contributed by atoms with Gasteiger partial charge in [0.1, 0.15) is 0 Å². The Labute approximate surface area is 110 Å². The lowest BCUT2D eigenvalue weighted by Crippen LogP contribution is -2.55. The van der Waals surface area contributed by atoms with Crippen molar-refractivity contribution >= 4 is 0 Å². The van der Waals surface area contributed by atoms with Gasteiger partial charge >= 0.3 is 0 Å². The van der Waals surface area contributed by atoms with Gasteiger partial charge in [0.2, 0.25) is 0 Å². The number of nitrogens with one attached hydrogen (secondary N) is 1. The summed E-state index contributed by atoms with van der Waals surface area (Å²) < 4.78 is 1.77. The Morgan fingerprint density at radius 2 is 2.28 bits per heavy atom. The molecule has 2 unspecified atom stereocenters. The van der Waals surface area contributed by atoms with Gasteiger partial charge in [0.15, 0.2) is 0 Å². The van der Waals surface area contributed by atoms with Crippen molar-refractivity contribution in [2.24, 2.45) is 13.0 Å². The number of rotatable bonds is 4. The van der Waals surface area contributed by atoms with Crippen LogP contribution in [0.25, 0.3) is 0 Å². The van der Waals surface area contributed by atoms with Crippen molar-refractivity contribution < 1.29 is 0 Å². The Morgan fingerprint density at radius 3 is 2.89 bits per heavy atom. The highest BCUT2D eigenvalue weighted by Gasteiger charge is 2.25. The molecule has 1 aliphatic rings. The van der Waals surface area contributed by atoms with E-state index in [4.69, 9.17) is 0 Å². The van der Waals surface area contributed by atoms with E-state index >= 15 is 0 Å². The highest BCUT2D eigenvalue weighted by molar-refractivity contribution is 4.95. The molecule has 1 aromatic heterocycles. The van der Waals surface area contributed by atoms with E-state index in [0.717, 1.165) is 31.2 Å². The van der Waals surface area contributed by atoms with Crippen molar-refractivity contribution in [3.63, 3.8) is 0 Å². The molecule has 5 nitrogen and oxygen atoms in total. The van der Waals surface area contributed by atoms with Crippen molar-refractivity contribution in [2.75, 3.05) is 13.1 Å². The molecule has 0 spiro atoms. The molecule has 0 radical (unpaired) electrons. The summed E-state index contributed by atoms with van der Waals surface area (Å²) in [5, 5.41) is 11.8. The van der Waals surface area contributed by atoms with Crippen LogP contribution in [-0.2, 0) is 13.6 Å². The number of aryl methyl sites for hydroxylation is 1. The Morgan fingerprint density at radius 1 is 1.50 bits per heavy atom. The average molecular weight is 251 g/mol. The van der Waals surface area contributed by atoms with Gasteiger partial charge in [-0.2, -0.15) is 0 Å². The predicted octanol–water partition coefficient (Wildman–Crippen LogP) is 1.02. The number of hydrogen-bond acceptors (Lipinski definition) is 4. The van der Waals surface area contributed by atoms with E-state index in [-0.39, 0.29) is 0 Å². The molecule has 18 heavy (non-hydrogen) atoms. The van der Waals surface area contributed by atoms with Crippen LogP contribution >= 0.6 is 0 Å². The highest BCUT2D eigenvalue weighted by atomic mass is 15.4. The van der Waals surface area contributed by atoms with E-state index in [1.54, 1.807) is 4.68 Å². The maximum atomic E-state index is 4.18. The van der Waals surface area contributed by atoms with Gasteiger partial charge in [-0.1, -0.05) is 19.1 Å². The molecule has 1 fully saturated rings. The Hall–Kier alpha value is -0.940. The molecule has 1 saturated heterocycles. The maximum absolute atomic E-state index is 4.18. The van der Waals surface area contributed by atoms with Gasteiger partial charge in [0.05, 0.1) is 5.69 Å². The molecular formula is C13H25N5. The summed E-state index contributed by atoms with van der Waals surface area (Å²) in [6, 6.07) is 1.17. The summed E-state index contributed by atoms with van der Waals surface area (Å²) >= 11 is 0. The summed E-state index contributed by atoms with van der Waals surface area (Å²) in [6.45, 7) is 9.92.